The number of amides is 1. The Morgan fingerprint density at radius 3 is 2.64 bits per heavy atom. The van der Waals surface area contributed by atoms with Crippen molar-refractivity contribution in [2.75, 3.05) is 25.7 Å². The molecular formula is C18H19N3O3S. The van der Waals surface area contributed by atoms with Crippen LogP contribution in [0.3, 0.4) is 0 Å². The maximum absolute atomic E-state index is 12.2. The number of hydrogen-bond donors (Lipinski definition) is 1. The zero-order valence-corrected chi connectivity index (χ0v) is 14.9. The number of benzene rings is 2. The highest BCUT2D eigenvalue weighted by Gasteiger charge is 2.23. The molecule has 0 radical (unpaired) electrons. The zero-order chi connectivity index (χ0) is 17.8. The summed E-state index contributed by atoms with van der Waals surface area (Å²) in [6.45, 7) is 0.343. The summed E-state index contributed by atoms with van der Waals surface area (Å²) < 4.78 is 10.6. The second-order valence-corrected chi connectivity index (χ2v) is 6.35. The number of nitrogens with two attached hydrogens (primary N) is 1. The first-order valence-corrected chi connectivity index (χ1v) is 8.68. The Kier molecular flexibility index (Phi) is 5.14. The van der Waals surface area contributed by atoms with Gasteiger partial charge in [0.1, 0.15) is 0 Å². The van der Waals surface area contributed by atoms with Crippen LogP contribution in [0.4, 0.5) is 10.5 Å². The van der Waals surface area contributed by atoms with Gasteiger partial charge in [0.2, 0.25) is 0 Å². The number of para-hydroxylation sites is 1. The highest BCUT2D eigenvalue weighted by atomic mass is 32.2. The van der Waals surface area contributed by atoms with Crippen LogP contribution in [0.25, 0.3) is 0 Å². The molecule has 1 aliphatic rings. The Labute approximate surface area is 150 Å². The minimum atomic E-state index is -0.0903. The molecule has 0 bridgehead atoms. The van der Waals surface area contributed by atoms with Gasteiger partial charge in [-0.15, -0.1) is 0 Å². The van der Waals surface area contributed by atoms with Gasteiger partial charge in [-0.3, -0.25) is 4.79 Å². The molecule has 130 valence electrons. The number of thioether (sulfide) groups is 1. The average molecular weight is 357 g/mol. The Bertz CT molecular complexity index is 823. The van der Waals surface area contributed by atoms with Crippen molar-refractivity contribution in [3.05, 3.63) is 53.6 Å². The molecular weight excluding hydrogens is 338 g/mol. The van der Waals surface area contributed by atoms with Crippen molar-refractivity contribution < 1.29 is 14.3 Å². The summed E-state index contributed by atoms with van der Waals surface area (Å²) in [6.07, 6.45) is 0. The smallest absolute Gasteiger partial charge is 0.302 e. The van der Waals surface area contributed by atoms with Gasteiger partial charge in [0.25, 0.3) is 0 Å². The molecule has 0 spiro atoms. The van der Waals surface area contributed by atoms with Gasteiger partial charge in [0.15, 0.2) is 11.5 Å². The third-order valence-corrected chi connectivity index (χ3v) is 4.75. The highest BCUT2D eigenvalue weighted by Crippen LogP contribution is 2.30. The second-order valence-electron chi connectivity index (χ2n) is 5.43. The summed E-state index contributed by atoms with van der Waals surface area (Å²) in [6, 6.07) is 13.1. The lowest BCUT2D eigenvalue weighted by molar-refractivity contribution is 0.222. The van der Waals surface area contributed by atoms with E-state index >= 15 is 0 Å². The molecule has 0 atom stereocenters. The van der Waals surface area contributed by atoms with Gasteiger partial charge < -0.3 is 15.2 Å². The van der Waals surface area contributed by atoms with Crippen LogP contribution in [-0.2, 0) is 6.54 Å². The molecule has 2 N–H and O–H groups in total. The number of ether oxygens (including phenoxy) is 2. The second kappa shape index (κ2) is 7.48. The number of anilines is 1. The fourth-order valence-corrected chi connectivity index (χ4v) is 3.26. The zero-order valence-electron chi connectivity index (χ0n) is 14.1. The van der Waals surface area contributed by atoms with E-state index in [1.165, 1.54) is 16.8 Å². The fraction of sp³-hybridized carbons (Fsp3) is 0.222. The number of nitrogen functional groups attached to an aromatic ring is 1. The molecule has 0 aliphatic carbocycles. The molecule has 7 heteroatoms. The minimum absolute atomic E-state index is 0.0903. The summed E-state index contributed by atoms with van der Waals surface area (Å²) in [4.78, 5) is 12.2. The maximum Gasteiger partial charge on any atom is 0.302 e. The molecule has 1 amide bonds. The highest BCUT2D eigenvalue weighted by molar-refractivity contribution is 8.14. The van der Waals surface area contributed by atoms with Crippen LogP contribution >= 0.6 is 11.8 Å². The van der Waals surface area contributed by atoms with E-state index in [0.717, 1.165) is 16.8 Å². The molecule has 0 aromatic heterocycles. The molecule has 6 nitrogen and oxygen atoms in total. The molecule has 0 unspecified atom stereocenters. The number of carbonyl (C=O) groups excluding carboxylic acids is 1. The van der Waals surface area contributed by atoms with E-state index in [1.54, 1.807) is 14.2 Å². The Morgan fingerprint density at radius 2 is 1.92 bits per heavy atom. The summed E-state index contributed by atoms with van der Waals surface area (Å²) in [5.74, 6) is 1.79. The summed E-state index contributed by atoms with van der Waals surface area (Å²) in [7, 11) is 3.18. The predicted molar refractivity (Wildman–Crippen MR) is 100 cm³/mol. The number of carbonyl (C=O) groups is 1. The summed E-state index contributed by atoms with van der Waals surface area (Å²) in [5, 5.41) is 5.89. The minimum Gasteiger partial charge on any atom is -0.493 e. The van der Waals surface area contributed by atoms with Crippen LogP contribution in [0.2, 0.25) is 0 Å². The molecule has 1 heterocycles. The largest absolute Gasteiger partial charge is 0.493 e. The van der Waals surface area contributed by atoms with Crippen molar-refractivity contribution in [3.8, 4) is 11.5 Å². The van der Waals surface area contributed by atoms with Crippen molar-refractivity contribution in [2.45, 2.75) is 6.54 Å². The number of hydrogen-bond acceptors (Lipinski definition) is 6. The van der Waals surface area contributed by atoms with Gasteiger partial charge >= 0.3 is 5.24 Å². The van der Waals surface area contributed by atoms with Crippen molar-refractivity contribution in [1.29, 1.82) is 0 Å². The number of methoxy groups -OCH3 is 2. The van der Waals surface area contributed by atoms with Gasteiger partial charge in [0, 0.05) is 17.0 Å². The van der Waals surface area contributed by atoms with Crippen molar-refractivity contribution in [1.82, 2.24) is 5.01 Å². The molecule has 1 aliphatic heterocycles. The molecule has 0 saturated carbocycles. The van der Waals surface area contributed by atoms with Crippen molar-refractivity contribution >= 4 is 28.4 Å². The van der Waals surface area contributed by atoms with E-state index in [4.69, 9.17) is 15.2 Å². The van der Waals surface area contributed by atoms with E-state index in [1.807, 2.05) is 42.5 Å². The number of nitrogens with zero attached hydrogens (tertiary/aromatic N) is 2. The summed E-state index contributed by atoms with van der Waals surface area (Å²) >= 11 is 1.22. The van der Waals surface area contributed by atoms with Gasteiger partial charge in [-0.1, -0.05) is 30.0 Å². The van der Waals surface area contributed by atoms with Crippen LogP contribution in [0.5, 0.6) is 11.5 Å². The van der Waals surface area contributed by atoms with E-state index in [-0.39, 0.29) is 5.24 Å². The quantitative estimate of drug-likeness (QED) is 0.830. The van der Waals surface area contributed by atoms with Crippen molar-refractivity contribution in [2.24, 2.45) is 5.10 Å². The lowest BCUT2D eigenvalue weighted by atomic mass is 10.1. The lowest BCUT2D eigenvalue weighted by Gasteiger charge is -2.24. The van der Waals surface area contributed by atoms with Gasteiger partial charge in [-0.05, 0) is 29.8 Å². The standard InChI is InChI=1S/C18H19N3O3S/c1-23-16-8-7-12(9-17(16)24-2)15-11-25-18(22)21(20-15)10-13-5-3-4-6-14(13)19/h3-9H,10-11,19H2,1-2H3. The first kappa shape index (κ1) is 17.2. The predicted octanol–water partition coefficient (Wildman–Crippen LogP) is 3.36. The van der Waals surface area contributed by atoms with E-state index in [2.05, 4.69) is 5.10 Å². The Hall–Kier alpha value is -2.67. The molecule has 0 saturated heterocycles. The lowest BCUT2D eigenvalue weighted by Crippen LogP contribution is -2.29. The summed E-state index contributed by atoms with van der Waals surface area (Å²) in [5.41, 5.74) is 9.19. The van der Waals surface area contributed by atoms with Crippen LogP contribution < -0.4 is 15.2 Å². The van der Waals surface area contributed by atoms with E-state index in [9.17, 15) is 4.79 Å². The molecule has 0 fully saturated rings. The van der Waals surface area contributed by atoms with Gasteiger partial charge in [0.05, 0.1) is 26.5 Å². The topological polar surface area (TPSA) is 77.1 Å². The molecule has 2 aromatic carbocycles. The fourth-order valence-electron chi connectivity index (χ4n) is 2.52. The normalized spacial score (nSPS) is 14.2. The Balaban J connectivity index is 1.89. The monoisotopic (exact) mass is 357 g/mol. The third-order valence-electron chi connectivity index (χ3n) is 3.88. The van der Waals surface area contributed by atoms with Crippen LogP contribution in [-0.4, -0.2) is 35.9 Å². The Morgan fingerprint density at radius 1 is 1.16 bits per heavy atom. The van der Waals surface area contributed by atoms with E-state index < -0.39 is 0 Å². The third kappa shape index (κ3) is 3.71. The molecule has 3 rings (SSSR count). The first-order chi connectivity index (χ1) is 12.1. The van der Waals surface area contributed by atoms with Gasteiger partial charge in [-0.2, -0.15) is 5.10 Å². The number of hydrazone groups is 1. The maximum atomic E-state index is 12.2. The number of rotatable bonds is 5. The van der Waals surface area contributed by atoms with Gasteiger partial charge in [-0.25, -0.2) is 5.01 Å². The van der Waals surface area contributed by atoms with E-state index in [0.29, 0.717) is 29.5 Å². The van der Waals surface area contributed by atoms with Crippen LogP contribution in [0, 0.1) is 0 Å². The van der Waals surface area contributed by atoms with Crippen LogP contribution in [0.1, 0.15) is 11.1 Å². The SMILES string of the molecule is COc1ccc(C2=NN(Cc3ccccc3N)C(=O)SC2)cc1OC. The van der Waals surface area contributed by atoms with Crippen molar-refractivity contribution in [3.63, 3.8) is 0 Å². The first-order valence-electron chi connectivity index (χ1n) is 7.70. The average Bonchev–Trinajstić information content (AvgIpc) is 2.64. The molecule has 25 heavy (non-hydrogen) atoms. The van der Waals surface area contributed by atoms with Crippen LogP contribution in [0.15, 0.2) is 47.6 Å². The molecule has 2 aromatic rings.